The lowest BCUT2D eigenvalue weighted by Gasteiger charge is -2.30. The maximum absolute atomic E-state index is 12.8. The predicted octanol–water partition coefficient (Wildman–Crippen LogP) is 3.58. The molecule has 7 nitrogen and oxygen atoms in total. The number of hydrogen-bond donors (Lipinski definition) is 1. The third-order valence-electron chi connectivity index (χ3n) is 4.72. The molecule has 10 heteroatoms. The van der Waals surface area contributed by atoms with Gasteiger partial charge in [0, 0.05) is 18.8 Å². The number of amides is 1. The van der Waals surface area contributed by atoms with Crippen LogP contribution in [0.1, 0.15) is 12.8 Å². The van der Waals surface area contributed by atoms with Gasteiger partial charge in [0.2, 0.25) is 10.0 Å². The Bertz CT molecular complexity index is 1020. The Morgan fingerprint density at radius 1 is 1.03 bits per heavy atom. The van der Waals surface area contributed by atoms with Gasteiger partial charge in [-0.15, -0.1) is 0 Å². The van der Waals surface area contributed by atoms with Gasteiger partial charge in [-0.25, -0.2) is 8.42 Å². The lowest BCUT2D eigenvalue weighted by atomic mass is 9.98. The van der Waals surface area contributed by atoms with E-state index in [-0.39, 0.29) is 40.9 Å². The standard InChI is InChI=1S/C20H20Cl2N2O5S/c21-16-7-4-8-17(19(16)22)30(27,28)24-11-9-14(10-12-24)20(26)29-13-18(25)23-15-5-2-1-3-6-15/h1-8,14H,9-13H2,(H,23,25). The van der Waals surface area contributed by atoms with Gasteiger partial charge in [0.25, 0.3) is 5.91 Å². The number of para-hydroxylation sites is 1. The van der Waals surface area contributed by atoms with Gasteiger partial charge < -0.3 is 10.1 Å². The molecule has 0 unspecified atom stereocenters. The number of anilines is 1. The molecule has 2 aromatic carbocycles. The maximum atomic E-state index is 12.8. The Kier molecular flexibility index (Phi) is 7.36. The maximum Gasteiger partial charge on any atom is 0.309 e. The van der Waals surface area contributed by atoms with Crippen LogP contribution >= 0.6 is 23.2 Å². The normalized spacial score (nSPS) is 15.5. The highest BCUT2D eigenvalue weighted by Crippen LogP contribution is 2.32. The van der Waals surface area contributed by atoms with Crippen molar-refractivity contribution >= 4 is 50.8 Å². The first kappa shape index (κ1) is 22.6. The van der Waals surface area contributed by atoms with Crippen molar-refractivity contribution in [1.82, 2.24) is 4.31 Å². The molecule has 1 N–H and O–H groups in total. The molecular formula is C20H20Cl2N2O5S. The zero-order valence-corrected chi connectivity index (χ0v) is 18.2. The minimum Gasteiger partial charge on any atom is -0.455 e. The van der Waals surface area contributed by atoms with E-state index in [1.807, 2.05) is 6.07 Å². The third kappa shape index (κ3) is 5.31. The summed E-state index contributed by atoms with van der Waals surface area (Å²) in [6, 6.07) is 13.3. The quantitative estimate of drug-likeness (QED) is 0.651. The van der Waals surface area contributed by atoms with Gasteiger partial charge in [-0.3, -0.25) is 9.59 Å². The molecule has 1 saturated heterocycles. The number of rotatable bonds is 6. The van der Waals surface area contributed by atoms with Gasteiger partial charge in [-0.2, -0.15) is 4.31 Å². The monoisotopic (exact) mass is 470 g/mol. The fraction of sp³-hybridized carbons (Fsp3) is 0.300. The molecule has 1 heterocycles. The highest BCUT2D eigenvalue weighted by molar-refractivity contribution is 7.89. The number of halogens is 2. The zero-order valence-electron chi connectivity index (χ0n) is 15.9. The summed E-state index contributed by atoms with van der Waals surface area (Å²) in [4.78, 5) is 24.1. The summed E-state index contributed by atoms with van der Waals surface area (Å²) in [7, 11) is -3.82. The number of nitrogens with zero attached hydrogens (tertiary/aromatic N) is 1. The predicted molar refractivity (Wildman–Crippen MR) is 114 cm³/mol. The van der Waals surface area contributed by atoms with Crippen LogP contribution in [0.3, 0.4) is 0 Å². The van der Waals surface area contributed by atoms with Crippen LogP contribution in [-0.4, -0.2) is 44.3 Å². The summed E-state index contributed by atoms with van der Waals surface area (Å²) in [5, 5.41) is 2.76. The average Bonchev–Trinajstić information content (AvgIpc) is 2.74. The fourth-order valence-electron chi connectivity index (χ4n) is 3.13. The molecule has 1 aliphatic heterocycles. The molecule has 1 amide bonds. The second kappa shape index (κ2) is 9.78. The van der Waals surface area contributed by atoms with Gasteiger partial charge in [0.05, 0.1) is 16.0 Å². The van der Waals surface area contributed by atoms with E-state index in [0.717, 1.165) is 0 Å². The van der Waals surface area contributed by atoms with Crippen molar-refractivity contribution in [2.75, 3.05) is 25.0 Å². The molecule has 3 rings (SSSR count). The smallest absolute Gasteiger partial charge is 0.309 e. The lowest BCUT2D eigenvalue weighted by Crippen LogP contribution is -2.41. The van der Waals surface area contributed by atoms with Crippen LogP contribution in [0.4, 0.5) is 5.69 Å². The first-order chi connectivity index (χ1) is 14.3. The van der Waals surface area contributed by atoms with Crippen LogP contribution < -0.4 is 5.32 Å². The number of nitrogens with one attached hydrogen (secondary N) is 1. The molecule has 1 fully saturated rings. The molecule has 160 valence electrons. The van der Waals surface area contributed by atoms with Gasteiger partial charge >= 0.3 is 5.97 Å². The van der Waals surface area contributed by atoms with Crippen LogP contribution in [0.5, 0.6) is 0 Å². The van der Waals surface area contributed by atoms with E-state index >= 15 is 0 Å². The second-order valence-corrected chi connectivity index (χ2v) is 9.44. The number of benzene rings is 2. The van der Waals surface area contributed by atoms with Crippen LogP contribution in [0, 0.1) is 5.92 Å². The number of carbonyl (C=O) groups excluding carboxylic acids is 2. The Morgan fingerprint density at radius 3 is 2.37 bits per heavy atom. The molecule has 2 aromatic rings. The Balaban J connectivity index is 1.51. The largest absolute Gasteiger partial charge is 0.455 e. The first-order valence-electron chi connectivity index (χ1n) is 9.24. The summed E-state index contributed by atoms with van der Waals surface area (Å²) in [6.45, 7) is -0.118. The molecular weight excluding hydrogens is 451 g/mol. The number of sulfonamides is 1. The van der Waals surface area contributed by atoms with E-state index in [9.17, 15) is 18.0 Å². The SMILES string of the molecule is O=C(COC(=O)C1CCN(S(=O)(=O)c2cccc(Cl)c2Cl)CC1)Nc1ccccc1. The minimum absolute atomic E-state index is 0.0230. The third-order valence-corrected chi connectivity index (χ3v) is 7.60. The van der Waals surface area contributed by atoms with Crippen molar-refractivity contribution in [2.24, 2.45) is 5.92 Å². The van der Waals surface area contributed by atoms with E-state index in [1.54, 1.807) is 24.3 Å². The van der Waals surface area contributed by atoms with E-state index in [2.05, 4.69) is 5.32 Å². The molecule has 0 aliphatic carbocycles. The van der Waals surface area contributed by atoms with Crippen molar-refractivity contribution in [3.63, 3.8) is 0 Å². The topological polar surface area (TPSA) is 92.8 Å². The molecule has 0 bridgehead atoms. The molecule has 30 heavy (non-hydrogen) atoms. The molecule has 0 saturated carbocycles. The van der Waals surface area contributed by atoms with Crippen LogP contribution in [0.15, 0.2) is 53.4 Å². The van der Waals surface area contributed by atoms with Gasteiger partial charge in [0.1, 0.15) is 4.90 Å². The number of hydrogen-bond acceptors (Lipinski definition) is 5. The van der Waals surface area contributed by atoms with Crippen molar-refractivity contribution in [3.05, 3.63) is 58.6 Å². The van der Waals surface area contributed by atoms with Crippen molar-refractivity contribution in [2.45, 2.75) is 17.7 Å². The highest BCUT2D eigenvalue weighted by atomic mass is 35.5. The Morgan fingerprint density at radius 2 is 1.70 bits per heavy atom. The Labute approximate surface area is 185 Å². The minimum atomic E-state index is -3.82. The highest BCUT2D eigenvalue weighted by Gasteiger charge is 2.34. The number of esters is 1. The molecule has 0 atom stereocenters. The molecule has 0 radical (unpaired) electrons. The van der Waals surface area contributed by atoms with Crippen LogP contribution in [0.25, 0.3) is 0 Å². The van der Waals surface area contributed by atoms with E-state index in [4.69, 9.17) is 27.9 Å². The number of carbonyl (C=O) groups is 2. The Hall–Kier alpha value is -2.13. The number of ether oxygens (including phenoxy) is 1. The van der Waals surface area contributed by atoms with Gasteiger partial charge in [-0.1, -0.05) is 47.5 Å². The summed E-state index contributed by atoms with van der Waals surface area (Å²) in [5.41, 5.74) is 0.608. The summed E-state index contributed by atoms with van der Waals surface area (Å²) in [6.07, 6.45) is 0.576. The number of piperidine rings is 1. The summed E-state index contributed by atoms with van der Waals surface area (Å²) >= 11 is 12.0. The van der Waals surface area contributed by atoms with Gasteiger partial charge in [0.15, 0.2) is 6.61 Å². The average molecular weight is 471 g/mol. The van der Waals surface area contributed by atoms with Crippen LogP contribution in [-0.2, 0) is 24.3 Å². The first-order valence-corrected chi connectivity index (χ1v) is 11.4. The van der Waals surface area contributed by atoms with Crippen molar-refractivity contribution in [1.29, 1.82) is 0 Å². The molecule has 0 spiro atoms. The molecule has 1 aliphatic rings. The van der Waals surface area contributed by atoms with E-state index in [1.165, 1.54) is 22.5 Å². The fourth-order valence-corrected chi connectivity index (χ4v) is 5.33. The second-order valence-electron chi connectivity index (χ2n) is 6.75. The van der Waals surface area contributed by atoms with Crippen LogP contribution in [0.2, 0.25) is 10.0 Å². The van der Waals surface area contributed by atoms with Gasteiger partial charge in [-0.05, 0) is 37.1 Å². The molecule has 0 aromatic heterocycles. The summed E-state index contributed by atoms with van der Waals surface area (Å²) in [5.74, 6) is -1.43. The zero-order chi connectivity index (χ0) is 21.7. The van der Waals surface area contributed by atoms with Crippen molar-refractivity contribution in [3.8, 4) is 0 Å². The van der Waals surface area contributed by atoms with E-state index < -0.39 is 34.4 Å². The lowest BCUT2D eigenvalue weighted by molar-refractivity contribution is -0.152. The van der Waals surface area contributed by atoms with E-state index in [0.29, 0.717) is 5.69 Å². The van der Waals surface area contributed by atoms with Crippen molar-refractivity contribution < 1.29 is 22.7 Å². The summed E-state index contributed by atoms with van der Waals surface area (Å²) < 4.78 is 32.1.